The molecule has 1 aromatic carbocycles. The van der Waals surface area contributed by atoms with Crippen LogP contribution in [0.3, 0.4) is 0 Å². The van der Waals surface area contributed by atoms with Crippen LogP contribution in [0.5, 0.6) is 0 Å². The zero-order valence-corrected chi connectivity index (χ0v) is 14.0. The number of aryl methyl sites for hydroxylation is 1. The van der Waals surface area contributed by atoms with E-state index in [9.17, 15) is 0 Å². The van der Waals surface area contributed by atoms with Gasteiger partial charge in [-0.2, -0.15) is 0 Å². The third kappa shape index (κ3) is 2.40. The van der Waals surface area contributed by atoms with Crippen LogP contribution in [-0.4, -0.2) is 15.4 Å². The summed E-state index contributed by atoms with van der Waals surface area (Å²) < 4.78 is 3.71. The van der Waals surface area contributed by atoms with Gasteiger partial charge in [0.15, 0.2) is 0 Å². The molecule has 4 heteroatoms. The molecule has 3 rings (SSSR count). The molecule has 1 saturated carbocycles. The monoisotopic (exact) mass is 388 g/mol. The van der Waals surface area contributed by atoms with Gasteiger partial charge in [0.05, 0.1) is 11.0 Å². The molecule has 2 aromatic rings. The largest absolute Gasteiger partial charge is 0.322 e. The van der Waals surface area contributed by atoms with Gasteiger partial charge in [-0.3, -0.25) is 0 Å². The van der Waals surface area contributed by atoms with Gasteiger partial charge in [-0.05, 0) is 60.6 Å². The molecule has 0 unspecified atom stereocenters. The number of hydrogen-bond donors (Lipinski definition) is 0. The second-order valence-electron chi connectivity index (χ2n) is 5.64. The maximum Gasteiger partial charge on any atom is 0.111 e. The molecule has 0 spiro atoms. The van der Waals surface area contributed by atoms with Gasteiger partial charge in [0, 0.05) is 21.4 Å². The van der Waals surface area contributed by atoms with E-state index in [2.05, 4.69) is 52.3 Å². The lowest BCUT2D eigenvalue weighted by atomic mass is 9.99. The molecular weight excluding hydrogens is 371 g/mol. The number of hydrogen-bond acceptors (Lipinski definition) is 1. The van der Waals surface area contributed by atoms with Crippen molar-refractivity contribution in [3.05, 3.63) is 27.6 Å². The highest BCUT2D eigenvalue weighted by Gasteiger charge is 2.33. The van der Waals surface area contributed by atoms with E-state index in [0.29, 0.717) is 5.88 Å². The first kappa shape index (κ1) is 13.7. The van der Waals surface area contributed by atoms with Crippen LogP contribution in [0.15, 0.2) is 18.2 Å². The quantitative estimate of drug-likeness (QED) is 0.550. The second-order valence-corrected chi connectivity index (χ2v) is 7.26. The van der Waals surface area contributed by atoms with E-state index in [1.54, 1.807) is 0 Å². The molecular formula is C15H18ClIN2. The van der Waals surface area contributed by atoms with Gasteiger partial charge in [0.1, 0.15) is 5.82 Å². The van der Waals surface area contributed by atoms with Crippen LogP contribution in [0, 0.1) is 3.57 Å². The van der Waals surface area contributed by atoms with Gasteiger partial charge in [-0.15, -0.1) is 11.6 Å². The van der Waals surface area contributed by atoms with Crippen LogP contribution < -0.4 is 0 Å². The predicted molar refractivity (Wildman–Crippen MR) is 89.0 cm³/mol. The van der Waals surface area contributed by atoms with E-state index in [1.807, 2.05) is 0 Å². The number of alkyl halides is 1. The van der Waals surface area contributed by atoms with E-state index < -0.39 is 0 Å². The molecule has 0 atom stereocenters. The van der Waals surface area contributed by atoms with E-state index in [1.165, 1.54) is 34.8 Å². The third-order valence-electron chi connectivity index (χ3n) is 4.22. The molecule has 1 aromatic heterocycles. The fourth-order valence-corrected chi connectivity index (χ4v) is 3.96. The topological polar surface area (TPSA) is 17.8 Å². The first-order chi connectivity index (χ1) is 9.14. The van der Waals surface area contributed by atoms with Crippen LogP contribution >= 0.6 is 34.2 Å². The van der Waals surface area contributed by atoms with Crippen LogP contribution in [0.1, 0.15) is 38.4 Å². The molecule has 0 amide bonds. The zero-order valence-electron chi connectivity index (χ0n) is 11.1. The summed E-state index contributed by atoms with van der Waals surface area (Å²) in [5.41, 5.74) is 2.60. The van der Waals surface area contributed by atoms with E-state index in [-0.39, 0.29) is 5.54 Å². The minimum atomic E-state index is 0.225. The summed E-state index contributed by atoms with van der Waals surface area (Å²) in [5, 5.41) is 0. The summed E-state index contributed by atoms with van der Waals surface area (Å²) in [6.07, 6.45) is 5.99. The highest BCUT2D eigenvalue weighted by molar-refractivity contribution is 14.1. The normalized spacial score (nSPS) is 18.3. The molecule has 1 aliphatic carbocycles. The lowest BCUT2D eigenvalue weighted by Gasteiger charge is -2.28. The SMILES string of the molecule is CC1(n2c(CCCl)nc3cc(I)ccc32)CCCC1. The standard InChI is InChI=1S/C15H18ClIN2/c1-15(7-2-3-8-15)19-13-5-4-11(17)10-12(13)18-14(19)6-9-16/h4-5,10H,2-3,6-9H2,1H3. The zero-order chi connectivity index (χ0) is 13.5. The summed E-state index contributed by atoms with van der Waals surface area (Å²) >= 11 is 8.31. The Hall–Kier alpha value is -0.290. The highest BCUT2D eigenvalue weighted by Crippen LogP contribution is 2.39. The van der Waals surface area contributed by atoms with Gasteiger partial charge < -0.3 is 4.57 Å². The molecule has 1 heterocycles. The Kier molecular flexibility index (Phi) is 3.78. The molecule has 0 radical (unpaired) electrons. The van der Waals surface area contributed by atoms with E-state index >= 15 is 0 Å². The Labute approximate surface area is 132 Å². The van der Waals surface area contributed by atoms with Crippen LogP contribution in [0.4, 0.5) is 0 Å². The smallest absolute Gasteiger partial charge is 0.111 e. The number of aromatic nitrogens is 2. The molecule has 0 bridgehead atoms. The lowest BCUT2D eigenvalue weighted by molar-refractivity contribution is 0.329. The Morgan fingerprint density at radius 1 is 1.37 bits per heavy atom. The minimum Gasteiger partial charge on any atom is -0.322 e. The highest BCUT2D eigenvalue weighted by atomic mass is 127. The fourth-order valence-electron chi connectivity index (χ4n) is 3.32. The fraction of sp³-hybridized carbons (Fsp3) is 0.533. The maximum atomic E-state index is 5.96. The van der Waals surface area contributed by atoms with Crippen molar-refractivity contribution in [2.45, 2.75) is 44.6 Å². The molecule has 1 aliphatic rings. The molecule has 19 heavy (non-hydrogen) atoms. The summed E-state index contributed by atoms with van der Waals surface area (Å²) in [7, 11) is 0. The van der Waals surface area contributed by atoms with Crippen molar-refractivity contribution in [2.24, 2.45) is 0 Å². The van der Waals surface area contributed by atoms with Crippen LogP contribution in [-0.2, 0) is 12.0 Å². The van der Waals surface area contributed by atoms with Crippen molar-refractivity contribution >= 4 is 45.2 Å². The number of halogens is 2. The van der Waals surface area contributed by atoms with Gasteiger partial charge in [0.25, 0.3) is 0 Å². The van der Waals surface area contributed by atoms with Crippen molar-refractivity contribution in [3.63, 3.8) is 0 Å². The second kappa shape index (κ2) is 5.24. The maximum absolute atomic E-state index is 5.96. The van der Waals surface area contributed by atoms with Crippen molar-refractivity contribution < 1.29 is 0 Å². The van der Waals surface area contributed by atoms with Crippen molar-refractivity contribution in [3.8, 4) is 0 Å². The van der Waals surface area contributed by atoms with Gasteiger partial charge in [0.2, 0.25) is 0 Å². The predicted octanol–water partition coefficient (Wildman–Crippen LogP) is 4.71. The Bertz CT molecular complexity index is 599. The average molecular weight is 389 g/mol. The molecule has 0 N–H and O–H groups in total. The first-order valence-corrected chi connectivity index (χ1v) is 8.49. The Balaban J connectivity index is 2.21. The van der Waals surface area contributed by atoms with Crippen molar-refractivity contribution in [1.82, 2.24) is 9.55 Å². The summed E-state index contributed by atoms with van der Waals surface area (Å²) in [6.45, 7) is 2.37. The average Bonchev–Trinajstić information content (AvgIpc) is 2.93. The van der Waals surface area contributed by atoms with Crippen LogP contribution in [0.25, 0.3) is 11.0 Å². The van der Waals surface area contributed by atoms with Crippen molar-refractivity contribution in [1.29, 1.82) is 0 Å². The summed E-state index contributed by atoms with van der Waals surface area (Å²) in [6, 6.07) is 6.55. The number of benzene rings is 1. The Morgan fingerprint density at radius 3 is 2.79 bits per heavy atom. The summed E-state index contributed by atoms with van der Waals surface area (Å²) in [4.78, 5) is 4.83. The lowest BCUT2D eigenvalue weighted by Crippen LogP contribution is -2.28. The first-order valence-electron chi connectivity index (χ1n) is 6.87. The number of fused-ring (bicyclic) bond motifs is 1. The molecule has 1 fully saturated rings. The van der Waals surface area contributed by atoms with E-state index in [4.69, 9.17) is 16.6 Å². The molecule has 0 aliphatic heterocycles. The van der Waals surface area contributed by atoms with Gasteiger partial charge in [-0.25, -0.2) is 4.98 Å². The Morgan fingerprint density at radius 2 is 2.11 bits per heavy atom. The van der Waals surface area contributed by atoms with Gasteiger partial charge in [-0.1, -0.05) is 12.8 Å². The molecule has 0 saturated heterocycles. The van der Waals surface area contributed by atoms with E-state index in [0.717, 1.165) is 17.8 Å². The minimum absolute atomic E-state index is 0.225. The number of nitrogens with zero attached hydrogens (tertiary/aromatic N) is 2. The molecule has 102 valence electrons. The van der Waals surface area contributed by atoms with Crippen LogP contribution in [0.2, 0.25) is 0 Å². The summed E-state index contributed by atoms with van der Waals surface area (Å²) in [5.74, 6) is 1.78. The third-order valence-corrected chi connectivity index (χ3v) is 5.08. The van der Waals surface area contributed by atoms with Crippen molar-refractivity contribution in [2.75, 3.05) is 5.88 Å². The molecule has 2 nitrogen and oxygen atoms in total. The number of imidazole rings is 1. The number of rotatable bonds is 3. The van der Waals surface area contributed by atoms with Gasteiger partial charge >= 0.3 is 0 Å².